The maximum atomic E-state index is 12.9. The minimum Gasteiger partial charge on any atom is -0.379 e. The number of benzene rings is 1. The second-order valence-electron chi connectivity index (χ2n) is 4.50. The number of morpholine rings is 1. The SMILES string of the molecule is CCCC(c1ccc(F)cc1)N1CCOCC1. The molecule has 1 heterocycles. The molecule has 1 fully saturated rings. The summed E-state index contributed by atoms with van der Waals surface area (Å²) in [6.45, 7) is 5.75. The Morgan fingerprint density at radius 3 is 2.47 bits per heavy atom. The summed E-state index contributed by atoms with van der Waals surface area (Å²) in [7, 11) is 0. The van der Waals surface area contributed by atoms with Crippen molar-refractivity contribution in [3.8, 4) is 0 Å². The number of nitrogens with zero attached hydrogens (tertiary/aromatic N) is 1. The second kappa shape index (κ2) is 6.12. The van der Waals surface area contributed by atoms with Gasteiger partial charge in [0.15, 0.2) is 0 Å². The standard InChI is InChI=1S/C14H20FNO/c1-2-3-14(16-8-10-17-11-9-16)12-4-6-13(15)7-5-12/h4-7,14H,2-3,8-11H2,1H3. The van der Waals surface area contributed by atoms with Crippen molar-refractivity contribution in [2.45, 2.75) is 25.8 Å². The largest absolute Gasteiger partial charge is 0.379 e. The zero-order chi connectivity index (χ0) is 12.1. The first-order valence-corrected chi connectivity index (χ1v) is 6.38. The van der Waals surface area contributed by atoms with Gasteiger partial charge in [0, 0.05) is 19.1 Å². The predicted molar refractivity (Wildman–Crippen MR) is 66.4 cm³/mol. The summed E-state index contributed by atoms with van der Waals surface area (Å²) in [5.41, 5.74) is 1.22. The van der Waals surface area contributed by atoms with Crippen LogP contribution in [0.5, 0.6) is 0 Å². The summed E-state index contributed by atoms with van der Waals surface area (Å²) in [6, 6.07) is 7.33. The van der Waals surface area contributed by atoms with E-state index in [0.717, 1.165) is 39.1 Å². The third-order valence-corrected chi connectivity index (χ3v) is 3.30. The fraction of sp³-hybridized carbons (Fsp3) is 0.571. The molecule has 0 aromatic heterocycles. The molecule has 0 amide bonds. The Morgan fingerprint density at radius 1 is 1.24 bits per heavy atom. The topological polar surface area (TPSA) is 12.5 Å². The Morgan fingerprint density at radius 2 is 1.88 bits per heavy atom. The van der Waals surface area contributed by atoms with E-state index in [2.05, 4.69) is 11.8 Å². The molecule has 0 N–H and O–H groups in total. The molecule has 3 heteroatoms. The van der Waals surface area contributed by atoms with E-state index in [4.69, 9.17) is 4.74 Å². The molecule has 94 valence electrons. The van der Waals surface area contributed by atoms with Crippen LogP contribution in [-0.4, -0.2) is 31.2 Å². The molecule has 0 radical (unpaired) electrons. The highest BCUT2D eigenvalue weighted by atomic mass is 19.1. The van der Waals surface area contributed by atoms with Gasteiger partial charge in [0.1, 0.15) is 5.82 Å². The first-order chi connectivity index (χ1) is 8.31. The second-order valence-corrected chi connectivity index (χ2v) is 4.50. The minimum atomic E-state index is -0.161. The first kappa shape index (κ1) is 12.5. The highest BCUT2D eigenvalue weighted by Gasteiger charge is 2.21. The van der Waals surface area contributed by atoms with Gasteiger partial charge in [0.25, 0.3) is 0 Å². The van der Waals surface area contributed by atoms with Crippen molar-refractivity contribution in [3.05, 3.63) is 35.6 Å². The van der Waals surface area contributed by atoms with Crippen LogP contribution >= 0.6 is 0 Å². The number of halogens is 1. The minimum absolute atomic E-state index is 0.161. The van der Waals surface area contributed by atoms with Gasteiger partial charge in [-0.25, -0.2) is 4.39 Å². The Bertz CT molecular complexity index is 333. The van der Waals surface area contributed by atoms with E-state index in [9.17, 15) is 4.39 Å². The first-order valence-electron chi connectivity index (χ1n) is 6.38. The molecule has 0 aliphatic carbocycles. The maximum Gasteiger partial charge on any atom is 0.123 e. The molecule has 1 unspecified atom stereocenters. The van der Waals surface area contributed by atoms with Crippen molar-refractivity contribution in [2.75, 3.05) is 26.3 Å². The van der Waals surface area contributed by atoms with Gasteiger partial charge >= 0.3 is 0 Å². The molecule has 2 nitrogen and oxygen atoms in total. The summed E-state index contributed by atoms with van der Waals surface area (Å²) in [5, 5.41) is 0. The molecule has 1 aliphatic rings. The van der Waals surface area contributed by atoms with E-state index < -0.39 is 0 Å². The van der Waals surface area contributed by atoms with Crippen molar-refractivity contribution < 1.29 is 9.13 Å². The smallest absolute Gasteiger partial charge is 0.123 e. The fourth-order valence-electron chi connectivity index (χ4n) is 2.41. The van der Waals surface area contributed by atoms with Crippen LogP contribution in [0.3, 0.4) is 0 Å². The van der Waals surface area contributed by atoms with Crippen molar-refractivity contribution in [1.82, 2.24) is 4.90 Å². The molecule has 1 aromatic carbocycles. The summed E-state index contributed by atoms with van der Waals surface area (Å²) in [4.78, 5) is 2.44. The molecule has 1 aromatic rings. The van der Waals surface area contributed by atoms with Gasteiger partial charge in [-0.3, -0.25) is 4.90 Å². The molecule has 1 atom stereocenters. The Balaban J connectivity index is 2.12. The van der Waals surface area contributed by atoms with Crippen LogP contribution in [0.4, 0.5) is 4.39 Å². The van der Waals surface area contributed by atoms with E-state index in [0.29, 0.717) is 6.04 Å². The van der Waals surface area contributed by atoms with Crippen LogP contribution in [0.25, 0.3) is 0 Å². The average Bonchev–Trinajstić information content (AvgIpc) is 2.38. The van der Waals surface area contributed by atoms with E-state index in [-0.39, 0.29) is 5.82 Å². The van der Waals surface area contributed by atoms with E-state index in [1.54, 1.807) is 12.1 Å². The molecular weight excluding hydrogens is 217 g/mol. The molecule has 1 saturated heterocycles. The lowest BCUT2D eigenvalue weighted by molar-refractivity contribution is 0.0140. The normalized spacial score (nSPS) is 19.2. The number of rotatable bonds is 4. The molecule has 0 spiro atoms. The monoisotopic (exact) mass is 237 g/mol. The summed E-state index contributed by atoms with van der Waals surface area (Å²) >= 11 is 0. The zero-order valence-electron chi connectivity index (χ0n) is 10.4. The lowest BCUT2D eigenvalue weighted by Gasteiger charge is -2.34. The van der Waals surface area contributed by atoms with Crippen LogP contribution in [0.1, 0.15) is 31.4 Å². The zero-order valence-corrected chi connectivity index (χ0v) is 10.4. The van der Waals surface area contributed by atoms with Crippen molar-refractivity contribution in [1.29, 1.82) is 0 Å². The Hall–Kier alpha value is -0.930. The van der Waals surface area contributed by atoms with Gasteiger partial charge in [0.05, 0.1) is 13.2 Å². The van der Waals surface area contributed by atoms with Crippen molar-refractivity contribution in [2.24, 2.45) is 0 Å². The van der Waals surface area contributed by atoms with E-state index in [1.807, 2.05) is 12.1 Å². The Labute approximate surface area is 102 Å². The molecule has 0 bridgehead atoms. The lowest BCUT2D eigenvalue weighted by Crippen LogP contribution is -2.39. The number of hydrogen-bond acceptors (Lipinski definition) is 2. The molecular formula is C14H20FNO. The van der Waals surface area contributed by atoms with Gasteiger partial charge < -0.3 is 4.74 Å². The van der Waals surface area contributed by atoms with Crippen LogP contribution in [0.2, 0.25) is 0 Å². The van der Waals surface area contributed by atoms with E-state index >= 15 is 0 Å². The fourth-order valence-corrected chi connectivity index (χ4v) is 2.41. The van der Waals surface area contributed by atoms with Crippen LogP contribution < -0.4 is 0 Å². The van der Waals surface area contributed by atoms with Crippen LogP contribution in [0, 0.1) is 5.82 Å². The molecule has 0 saturated carbocycles. The average molecular weight is 237 g/mol. The van der Waals surface area contributed by atoms with Crippen molar-refractivity contribution in [3.63, 3.8) is 0 Å². The van der Waals surface area contributed by atoms with Gasteiger partial charge in [-0.15, -0.1) is 0 Å². The summed E-state index contributed by atoms with van der Waals surface area (Å²) in [5.74, 6) is -0.161. The summed E-state index contributed by atoms with van der Waals surface area (Å²) < 4.78 is 18.3. The van der Waals surface area contributed by atoms with Gasteiger partial charge in [-0.1, -0.05) is 25.5 Å². The predicted octanol–water partition coefficient (Wildman–Crippen LogP) is 3.00. The van der Waals surface area contributed by atoms with Gasteiger partial charge in [0.2, 0.25) is 0 Å². The third kappa shape index (κ3) is 3.27. The number of ether oxygens (including phenoxy) is 1. The van der Waals surface area contributed by atoms with Gasteiger partial charge in [-0.2, -0.15) is 0 Å². The van der Waals surface area contributed by atoms with Crippen LogP contribution in [0.15, 0.2) is 24.3 Å². The van der Waals surface area contributed by atoms with Gasteiger partial charge in [-0.05, 0) is 24.1 Å². The summed E-state index contributed by atoms with van der Waals surface area (Å²) in [6.07, 6.45) is 2.25. The highest BCUT2D eigenvalue weighted by Crippen LogP contribution is 2.26. The third-order valence-electron chi connectivity index (χ3n) is 3.30. The molecule has 2 rings (SSSR count). The number of hydrogen-bond donors (Lipinski definition) is 0. The maximum absolute atomic E-state index is 12.9. The van der Waals surface area contributed by atoms with Crippen LogP contribution in [-0.2, 0) is 4.74 Å². The quantitative estimate of drug-likeness (QED) is 0.798. The Kier molecular flexibility index (Phi) is 4.51. The van der Waals surface area contributed by atoms with E-state index in [1.165, 1.54) is 5.56 Å². The molecule has 1 aliphatic heterocycles. The highest BCUT2D eigenvalue weighted by molar-refractivity contribution is 5.20. The lowest BCUT2D eigenvalue weighted by atomic mass is 10.00. The van der Waals surface area contributed by atoms with Crippen molar-refractivity contribution >= 4 is 0 Å². The molecule has 17 heavy (non-hydrogen) atoms.